The van der Waals surface area contributed by atoms with E-state index < -0.39 is 0 Å². The molecule has 14 rings (SSSR count). The minimum absolute atomic E-state index is 0.132. The Kier molecular flexibility index (Phi) is 74.6. The summed E-state index contributed by atoms with van der Waals surface area (Å²) in [5, 5.41) is 0. The molecule has 13 heterocycles. The van der Waals surface area contributed by atoms with Crippen molar-refractivity contribution in [3.8, 4) is 0 Å². The Morgan fingerprint density at radius 1 is 0.248 bits per heavy atom. The van der Waals surface area contributed by atoms with Crippen LogP contribution in [0.2, 0.25) is 0 Å². The molecule has 13 aliphatic heterocycles. The maximum atomic E-state index is 5.65. The number of hydrogen-bond donors (Lipinski definition) is 0. The molecule has 0 aromatic carbocycles. The highest BCUT2D eigenvalue weighted by Crippen LogP contribution is 2.33. The monoisotopic (exact) mass is 1790 g/mol. The second kappa shape index (κ2) is 76.3. The van der Waals surface area contributed by atoms with E-state index in [0.717, 1.165) is 257 Å². The fourth-order valence-electron chi connectivity index (χ4n) is 14.9. The molecular weight excluding hydrogens is 1590 g/mol. The molecule has 0 N–H and O–H groups in total. The van der Waals surface area contributed by atoms with Gasteiger partial charge in [-0.3, -0.25) is 0 Å². The molecular formula is C104H208O21. The highest BCUT2D eigenvalue weighted by Gasteiger charge is 2.31. The van der Waals surface area contributed by atoms with Crippen molar-refractivity contribution in [2.75, 3.05) is 172 Å². The SMILES string of the molecule is CC(C)C1CCCO1.CC(C)C1CCOC(C)(C)C1.CC(C)C1CCOC1.CC(C)C1CCOCC1.CC(C)COC1COC1.CC(C)CO[C@@H]1CCOC1.CC(C)CO[C@H]1CCOC1.CC(C)OC1CCC1.CC(C)OC1CCOC1.CC(C)OCC1COC1.CC(C)O[C@@H]1CCOC1.CC(C)O[C@H]1CCOC1.CC(C)[C@@H]1CCCO1.CC(C)[C@H]1CCCO1. The van der Waals surface area contributed by atoms with Gasteiger partial charge in [-0.15, -0.1) is 0 Å². The Balaban J connectivity index is 0.000000674. The van der Waals surface area contributed by atoms with Crippen LogP contribution in [0, 0.1) is 76.9 Å². The van der Waals surface area contributed by atoms with Crippen molar-refractivity contribution in [3.63, 3.8) is 0 Å². The third-order valence-electron chi connectivity index (χ3n) is 23.2. The first-order chi connectivity index (χ1) is 59.3. The average Bonchev–Trinajstić information content (AvgIpc) is 1.76. The van der Waals surface area contributed by atoms with Crippen LogP contribution in [0.4, 0.5) is 0 Å². The molecule has 14 aliphatic rings. The van der Waals surface area contributed by atoms with Crippen LogP contribution in [0.1, 0.15) is 330 Å². The van der Waals surface area contributed by atoms with Gasteiger partial charge in [-0.05, 0) is 276 Å². The average molecular weight is 1790 g/mol. The lowest BCUT2D eigenvalue weighted by molar-refractivity contribution is -0.134. The lowest BCUT2D eigenvalue weighted by Crippen LogP contribution is -2.36. The third kappa shape index (κ3) is 70.5. The van der Waals surface area contributed by atoms with Gasteiger partial charge in [-0.2, -0.15) is 0 Å². The van der Waals surface area contributed by atoms with Gasteiger partial charge in [0, 0.05) is 112 Å². The Labute approximate surface area is 771 Å². The molecule has 0 bridgehead atoms. The Morgan fingerprint density at radius 2 is 0.552 bits per heavy atom. The van der Waals surface area contributed by atoms with Crippen LogP contribution in [-0.2, 0) is 99.5 Å². The van der Waals surface area contributed by atoms with Crippen molar-refractivity contribution in [1.82, 2.24) is 0 Å². The van der Waals surface area contributed by atoms with Crippen LogP contribution >= 0.6 is 0 Å². The van der Waals surface area contributed by atoms with E-state index in [-0.39, 0.29) is 5.60 Å². The quantitative estimate of drug-likeness (QED) is 0.0793. The normalized spacial score (nSPS) is 26.4. The summed E-state index contributed by atoms with van der Waals surface area (Å²) < 4.78 is 112. The first kappa shape index (κ1) is 122. The van der Waals surface area contributed by atoms with Crippen molar-refractivity contribution in [2.24, 2.45) is 76.9 Å². The molecule has 1 aliphatic carbocycles. The van der Waals surface area contributed by atoms with Gasteiger partial charge in [0.2, 0.25) is 0 Å². The molecule has 125 heavy (non-hydrogen) atoms. The number of hydrogen-bond acceptors (Lipinski definition) is 21. The van der Waals surface area contributed by atoms with E-state index in [0.29, 0.717) is 115 Å². The summed E-state index contributed by atoms with van der Waals surface area (Å²) in [6, 6.07) is 0. The van der Waals surface area contributed by atoms with E-state index in [1.807, 2.05) is 0 Å². The van der Waals surface area contributed by atoms with Crippen LogP contribution in [0.5, 0.6) is 0 Å². The van der Waals surface area contributed by atoms with Crippen LogP contribution < -0.4 is 0 Å². The summed E-state index contributed by atoms with van der Waals surface area (Å²) in [6.07, 6.45) is 29.6. The molecule has 0 radical (unpaired) electrons. The second-order valence-electron chi connectivity index (χ2n) is 41.9. The molecule has 1 saturated carbocycles. The molecule has 0 aromatic heterocycles. The smallest absolute Gasteiger partial charge is 0.104 e. The largest absolute Gasteiger partial charge is 0.381 e. The van der Waals surface area contributed by atoms with Crippen LogP contribution in [-0.4, -0.2) is 269 Å². The van der Waals surface area contributed by atoms with Gasteiger partial charge < -0.3 is 99.5 Å². The van der Waals surface area contributed by atoms with E-state index >= 15 is 0 Å². The number of rotatable bonds is 26. The second-order valence-corrected chi connectivity index (χ2v) is 41.9. The fraction of sp³-hybridized carbons (Fsp3) is 1.00. The number of ether oxygens (including phenoxy) is 21. The van der Waals surface area contributed by atoms with Gasteiger partial charge in [0.05, 0.1) is 157 Å². The highest BCUT2D eigenvalue weighted by atomic mass is 16.6. The molecule has 0 amide bonds. The first-order valence-electron chi connectivity index (χ1n) is 51.1. The molecule has 0 aromatic rings. The summed E-state index contributed by atoms with van der Waals surface area (Å²) in [5.41, 5.74) is 0.132. The molecule has 4 unspecified atom stereocenters. The van der Waals surface area contributed by atoms with Crippen molar-refractivity contribution in [2.45, 2.75) is 427 Å². The summed E-state index contributed by atoms with van der Waals surface area (Å²) in [5.74, 6) is 9.89. The van der Waals surface area contributed by atoms with E-state index in [4.69, 9.17) is 99.5 Å². The topological polar surface area (TPSA) is 194 Å². The lowest BCUT2D eigenvalue weighted by Gasteiger charge is -2.37. The maximum absolute atomic E-state index is 5.65. The van der Waals surface area contributed by atoms with Crippen LogP contribution in [0.15, 0.2) is 0 Å². The zero-order valence-corrected chi connectivity index (χ0v) is 87.1. The van der Waals surface area contributed by atoms with Crippen LogP contribution in [0.3, 0.4) is 0 Å². The van der Waals surface area contributed by atoms with Crippen molar-refractivity contribution in [1.29, 1.82) is 0 Å². The van der Waals surface area contributed by atoms with E-state index in [9.17, 15) is 0 Å². The minimum Gasteiger partial charge on any atom is -0.381 e. The molecule has 750 valence electrons. The zero-order valence-electron chi connectivity index (χ0n) is 87.1. The maximum Gasteiger partial charge on any atom is 0.104 e. The molecule has 0 spiro atoms. The van der Waals surface area contributed by atoms with Crippen LogP contribution in [0.25, 0.3) is 0 Å². The van der Waals surface area contributed by atoms with E-state index in [2.05, 4.69) is 208 Å². The summed E-state index contributed by atoms with van der Waals surface area (Å²) in [4.78, 5) is 0. The van der Waals surface area contributed by atoms with Crippen molar-refractivity contribution < 1.29 is 99.5 Å². The molecule has 21 heteroatoms. The summed E-state index contributed by atoms with van der Waals surface area (Å²) in [6.45, 7) is 88.1. The van der Waals surface area contributed by atoms with Gasteiger partial charge in [0.1, 0.15) is 6.10 Å². The molecule has 10 atom stereocenters. The summed E-state index contributed by atoms with van der Waals surface area (Å²) in [7, 11) is 0. The first-order valence-corrected chi connectivity index (χ1v) is 51.1. The predicted octanol–water partition coefficient (Wildman–Crippen LogP) is 22.6. The minimum atomic E-state index is 0.132. The third-order valence-corrected chi connectivity index (χ3v) is 23.2. The van der Waals surface area contributed by atoms with E-state index in [1.165, 1.54) is 89.9 Å². The van der Waals surface area contributed by atoms with Gasteiger partial charge in [0.15, 0.2) is 0 Å². The van der Waals surface area contributed by atoms with Gasteiger partial charge >= 0.3 is 0 Å². The van der Waals surface area contributed by atoms with Gasteiger partial charge in [-0.25, -0.2) is 0 Å². The molecule has 21 nitrogen and oxygen atoms in total. The lowest BCUT2D eigenvalue weighted by atomic mass is 9.81. The Hall–Kier alpha value is -0.840. The van der Waals surface area contributed by atoms with Crippen molar-refractivity contribution in [3.05, 3.63) is 0 Å². The van der Waals surface area contributed by atoms with E-state index in [1.54, 1.807) is 0 Å². The van der Waals surface area contributed by atoms with Gasteiger partial charge in [0.25, 0.3) is 0 Å². The van der Waals surface area contributed by atoms with Crippen molar-refractivity contribution >= 4 is 0 Å². The Morgan fingerprint density at radius 3 is 0.752 bits per heavy atom. The Bertz CT molecular complexity index is 2070. The summed E-state index contributed by atoms with van der Waals surface area (Å²) >= 11 is 0. The predicted molar refractivity (Wildman–Crippen MR) is 512 cm³/mol. The standard InChI is InChI=1S/C10H20O.2C8H16O2.C8H16O.5C7H14O2.5C7H14O/c1-8(2)9-5-6-11-10(3,4)7-9;2*1-7(2)5-10-8-3-4-9-6-8;1-7(2)8-3-5-9-6-4-8;1-6(2)9-5-7-3-8-4-7;1-6(2)3-9-7-4-8-5-7;3*1-6(2)9-7-3-4-8-5-7;1-6(2)7-3-4-8-5-7;3*1-6(2)7-4-3-5-8-7;1-6(2)8-7-4-3-5-7/h8-9H,5-7H2,1-4H3;2*7-8H,3-6H2,1-2H3;7-8H,3-6H2,1-2H3;5*6-7H,3-5H2,1-2H3;5*6-7H,3-5H2,1-2H3/t;2*8-;;;;2*7-;;;2*7-;;/m.10...10..10../s1. The highest BCUT2D eigenvalue weighted by molar-refractivity contribution is 4.81. The molecule has 13 saturated heterocycles. The van der Waals surface area contributed by atoms with Gasteiger partial charge in [-0.1, -0.05) is 125 Å². The zero-order chi connectivity index (χ0) is 93.3. The fourth-order valence-corrected chi connectivity index (χ4v) is 14.9. The molecule has 14 fully saturated rings.